The van der Waals surface area contributed by atoms with Crippen LogP contribution < -0.4 is 5.32 Å². The Balaban J connectivity index is 2.21. The summed E-state index contributed by atoms with van der Waals surface area (Å²) in [4.78, 5) is 19.4. The Kier molecular flexibility index (Phi) is 3.88. The molecule has 0 aliphatic carbocycles. The summed E-state index contributed by atoms with van der Waals surface area (Å²) in [6, 6.07) is 4.15. The van der Waals surface area contributed by atoms with Crippen molar-refractivity contribution in [1.29, 1.82) is 0 Å². The molecule has 2 aromatic rings. The van der Waals surface area contributed by atoms with Gasteiger partial charge in [0, 0.05) is 11.8 Å². The Bertz CT molecular complexity index is 609. The van der Waals surface area contributed by atoms with E-state index in [1.807, 2.05) is 0 Å². The quantitative estimate of drug-likeness (QED) is 0.860. The number of carbonyl (C=O) groups excluding carboxylic acids is 1. The van der Waals surface area contributed by atoms with Crippen LogP contribution in [-0.2, 0) is 0 Å². The Morgan fingerprint density at radius 2 is 2.17 bits per heavy atom. The Morgan fingerprint density at radius 1 is 1.39 bits per heavy atom. The Labute approximate surface area is 115 Å². The predicted octanol–water partition coefficient (Wildman–Crippen LogP) is 3.28. The molecule has 0 saturated carbocycles. The minimum Gasteiger partial charge on any atom is -0.306 e. The van der Waals surface area contributed by atoms with E-state index in [-0.39, 0.29) is 11.0 Å². The number of anilines is 1. The van der Waals surface area contributed by atoms with Gasteiger partial charge < -0.3 is 5.32 Å². The number of halogens is 3. The zero-order chi connectivity index (χ0) is 13.1. The van der Waals surface area contributed by atoms with E-state index < -0.39 is 11.7 Å². The molecule has 0 aliphatic rings. The lowest BCUT2D eigenvalue weighted by atomic mass is 10.2. The first-order valence-electron chi connectivity index (χ1n) is 4.80. The summed E-state index contributed by atoms with van der Waals surface area (Å²) in [6.45, 7) is 0. The molecule has 0 spiro atoms. The van der Waals surface area contributed by atoms with Gasteiger partial charge in [-0.25, -0.2) is 14.4 Å². The van der Waals surface area contributed by atoms with Crippen molar-refractivity contribution < 1.29 is 9.18 Å². The summed E-state index contributed by atoms with van der Waals surface area (Å²) in [6.07, 6.45) is 2.43. The van der Waals surface area contributed by atoms with Crippen molar-refractivity contribution in [2.45, 2.75) is 0 Å². The summed E-state index contributed by atoms with van der Waals surface area (Å²) in [5, 5.41) is 2.75. The van der Waals surface area contributed by atoms with Crippen LogP contribution in [0.25, 0.3) is 0 Å². The number of aromatic nitrogens is 2. The first-order chi connectivity index (χ1) is 8.56. The zero-order valence-corrected chi connectivity index (χ0v) is 11.2. The third kappa shape index (κ3) is 3.02. The molecule has 0 unspecified atom stereocenters. The lowest BCUT2D eigenvalue weighted by molar-refractivity contribution is 0.102. The molecular formula is C11H6BrClFN3O. The van der Waals surface area contributed by atoms with Crippen LogP contribution in [0.15, 0.2) is 35.1 Å². The molecule has 18 heavy (non-hydrogen) atoms. The summed E-state index contributed by atoms with van der Waals surface area (Å²) in [7, 11) is 0. The Hall–Kier alpha value is -1.53. The van der Waals surface area contributed by atoms with Crippen molar-refractivity contribution in [2.75, 3.05) is 5.32 Å². The van der Waals surface area contributed by atoms with E-state index in [1.165, 1.54) is 24.4 Å². The van der Waals surface area contributed by atoms with E-state index in [2.05, 4.69) is 31.2 Å². The van der Waals surface area contributed by atoms with Gasteiger partial charge in [-0.05, 0) is 34.1 Å². The highest BCUT2D eigenvalue weighted by molar-refractivity contribution is 9.10. The standard InChI is InChI=1S/C11H6BrClFN3O/c12-8-4-7(14)5-16-10(8)17-11(18)6-1-2-15-9(13)3-6/h1-5H,(H,16,17,18). The molecule has 2 heterocycles. The zero-order valence-electron chi connectivity index (χ0n) is 8.82. The molecule has 0 atom stereocenters. The van der Waals surface area contributed by atoms with Crippen molar-refractivity contribution in [3.63, 3.8) is 0 Å². The highest BCUT2D eigenvalue weighted by atomic mass is 79.9. The van der Waals surface area contributed by atoms with Crippen LogP contribution in [0.3, 0.4) is 0 Å². The van der Waals surface area contributed by atoms with E-state index in [9.17, 15) is 9.18 Å². The van der Waals surface area contributed by atoms with Crippen LogP contribution in [0.5, 0.6) is 0 Å². The van der Waals surface area contributed by atoms with Crippen LogP contribution >= 0.6 is 27.5 Å². The predicted molar refractivity (Wildman–Crippen MR) is 69.1 cm³/mol. The smallest absolute Gasteiger partial charge is 0.257 e. The largest absolute Gasteiger partial charge is 0.306 e. The number of hydrogen-bond acceptors (Lipinski definition) is 3. The van der Waals surface area contributed by atoms with Crippen molar-refractivity contribution in [3.05, 3.63) is 51.6 Å². The van der Waals surface area contributed by atoms with E-state index in [0.717, 1.165) is 6.20 Å². The van der Waals surface area contributed by atoms with Gasteiger partial charge in [0.1, 0.15) is 16.8 Å². The molecule has 0 aliphatic heterocycles. The highest BCUT2D eigenvalue weighted by Gasteiger charge is 2.10. The lowest BCUT2D eigenvalue weighted by Gasteiger charge is -2.06. The van der Waals surface area contributed by atoms with Crippen molar-refractivity contribution >= 4 is 39.3 Å². The number of amides is 1. The first-order valence-corrected chi connectivity index (χ1v) is 5.97. The van der Waals surface area contributed by atoms with Gasteiger partial charge in [-0.1, -0.05) is 11.6 Å². The summed E-state index contributed by atoms with van der Waals surface area (Å²) >= 11 is 8.79. The third-order valence-corrected chi connectivity index (χ3v) is 2.84. The minimum atomic E-state index is -0.494. The van der Waals surface area contributed by atoms with Crippen molar-refractivity contribution in [3.8, 4) is 0 Å². The average molecular weight is 331 g/mol. The minimum absolute atomic E-state index is 0.216. The van der Waals surface area contributed by atoms with Gasteiger partial charge in [0.25, 0.3) is 5.91 Å². The number of rotatable bonds is 2. The maximum absolute atomic E-state index is 12.8. The van der Waals surface area contributed by atoms with Gasteiger partial charge in [0.15, 0.2) is 0 Å². The SMILES string of the molecule is O=C(Nc1ncc(F)cc1Br)c1ccnc(Cl)c1. The van der Waals surface area contributed by atoms with Crippen molar-refractivity contribution in [1.82, 2.24) is 9.97 Å². The highest BCUT2D eigenvalue weighted by Crippen LogP contribution is 2.21. The molecule has 4 nitrogen and oxygen atoms in total. The van der Waals surface area contributed by atoms with Gasteiger partial charge in [0.2, 0.25) is 0 Å². The molecule has 0 fully saturated rings. The number of nitrogens with one attached hydrogen (secondary N) is 1. The number of nitrogens with zero attached hydrogens (tertiary/aromatic N) is 2. The molecule has 7 heteroatoms. The summed E-state index contributed by atoms with van der Waals surface area (Å²) < 4.78 is 13.2. The summed E-state index contributed by atoms with van der Waals surface area (Å²) in [5.74, 6) is -0.666. The molecular weight excluding hydrogens is 324 g/mol. The third-order valence-electron chi connectivity index (χ3n) is 2.03. The van der Waals surface area contributed by atoms with Gasteiger partial charge in [-0.15, -0.1) is 0 Å². The van der Waals surface area contributed by atoms with Crippen molar-refractivity contribution in [2.24, 2.45) is 0 Å². The normalized spacial score (nSPS) is 10.2. The molecule has 92 valence electrons. The first kappa shape index (κ1) is 12.9. The molecule has 0 aromatic carbocycles. The van der Waals surface area contributed by atoms with Crippen LogP contribution in [0.1, 0.15) is 10.4 Å². The van der Waals surface area contributed by atoms with Gasteiger partial charge in [-0.3, -0.25) is 4.79 Å². The number of pyridine rings is 2. The topological polar surface area (TPSA) is 54.9 Å². The van der Waals surface area contributed by atoms with Crippen LogP contribution in [0.4, 0.5) is 10.2 Å². The fourth-order valence-electron chi connectivity index (χ4n) is 1.23. The van der Waals surface area contributed by atoms with E-state index in [1.54, 1.807) is 0 Å². The van der Waals surface area contributed by atoms with Gasteiger partial charge in [-0.2, -0.15) is 0 Å². The molecule has 2 aromatic heterocycles. The molecule has 1 amide bonds. The van der Waals surface area contributed by atoms with E-state index in [0.29, 0.717) is 10.0 Å². The number of hydrogen-bond donors (Lipinski definition) is 1. The fourth-order valence-corrected chi connectivity index (χ4v) is 1.82. The molecule has 0 saturated heterocycles. The average Bonchev–Trinajstić information content (AvgIpc) is 2.32. The molecule has 2 rings (SSSR count). The van der Waals surface area contributed by atoms with Crippen LogP contribution in [0, 0.1) is 5.82 Å². The van der Waals surface area contributed by atoms with Gasteiger partial charge >= 0.3 is 0 Å². The summed E-state index contributed by atoms with van der Waals surface area (Å²) in [5.41, 5.74) is 0.341. The van der Waals surface area contributed by atoms with E-state index in [4.69, 9.17) is 11.6 Å². The lowest BCUT2D eigenvalue weighted by Crippen LogP contribution is -2.13. The molecule has 0 bridgehead atoms. The van der Waals surface area contributed by atoms with Crippen LogP contribution in [0.2, 0.25) is 5.15 Å². The van der Waals surface area contributed by atoms with Gasteiger partial charge in [0.05, 0.1) is 10.7 Å². The fraction of sp³-hybridized carbons (Fsp3) is 0. The maximum atomic E-state index is 12.8. The Morgan fingerprint density at radius 3 is 2.83 bits per heavy atom. The second-order valence-electron chi connectivity index (χ2n) is 3.31. The maximum Gasteiger partial charge on any atom is 0.257 e. The second-order valence-corrected chi connectivity index (χ2v) is 4.55. The van der Waals surface area contributed by atoms with Crippen LogP contribution in [-0.4, -0.2) is 15.9 Å². The molecule has 1 N–H and O–H groups in total. The number of carbonyl (C=O) groups is 1. The molecule has 0 radical (unpaired) electrons. The second kappa shape index (κ2) is 5.41. The van der Waals surface area contributed by atoms with E-state index >= 15 is 0 Å². The monoisotopic (exact) mass is 329 g/mol.